The monoisotopic (exact) mass is 441 g/mol. The predicted molar refractivity (Wildman–Crippen MR) is 115 cm³/mol. The van der Waals surface area contributed by atoms with E-state index in [-0.39, 0.29) is 36.3 Å². The zero-order chi connectivity index (χ0) is 23.0. The maximum atomic E-state index is 14.0. The summed E-state index contributed by atoms with van der Waals surface area (Å²) in [6.45, 7) is 6.26. The van der Waals surface area contributed by atoms with Crippen LogP contribution in [-0.4, -0.2) is 45.4 Å². The first-order valence-electron chi connectivity index (χ1n) is 10.7. The van der Waals surface area contributed by atoms with Crippen molar-refractivity contribution in [1.29, 1.82) is 5.41 Å². The molecule has 1 saturated heterocycles. The van der Waals surface area contributed by atoms with E-state index in [0.29, 0.717) is 41.4 Å². The molecule has 0 unspecified atom stereocenters. The van der Waals surface area contributed by atoms with Crippen molar-refractivity contribution in [3.8, 4) is 0 Å². The van der Waals surface area contributed by atoms with Crippen LogP contribution in [0.1, 0.15) is 53.3 Å². The molecule has 7 nitrogen and oxygen atoms in total. The minimum Gasteiger partial charge on any atom is -0.326 e. The number of hydrogen-bond donors (Lipinski definition) is 1. The van der Waals surface area contributed by atoms with Gasteiger partial charge in [-0.2, -0.15) is 8.78 Å². The van der Waals surface area contributed by atoms with Gasteiger partial charge in [-0.1, -0.05) is 13.5 Å². The van der Waals surface area contributed by atoms with Gasteiger partial charge < -0.3 is 4.90 Å². The second-order valence-corrected chi connectivity index (χ2v) is 8.09. The third kappa shape index (κ3) is 3.83. The first-order chi connectivity index (χ1) is 15.2. The Balaban J connectivity index is 1.63. The highest BCUT2D eigenvalue weighted by atomic mass is 19.3. The van der Waals surface area contributed by atoms with Gasteiger partial charge in [0, 0.05) is 49.2 Å². The van der Waals surface area contributed by atoms with E-state index in [1.807, 2.05) is 11.8 Å². The van der Waals surface area contributed by atoms with Crippen LogP contribution in [0.4, 0.5) is 20.3 Å². The Morgan fingerprint density at radius 2 is 2.03 bits per heavy atom. The van der Waals surface area contributed by atoms with Gasteiger partial charge in [0.15, 0.2) is 0 Å². The van der Waals surface area contributed by atoms with Crippen LogP contribution in [0.3, 0.4) is 0 Å². The molecule has 2 aromatic rings. The fraction of sp³-hybridized carbons (Fsp3) is 0.391. The maximum absolute atomic E-state index is 14.0. The molecule has 4 rings (SSSR count). The van der Waals surface area contributed by atoms with Crippen molar-refractivity contribution in [1.82, 2.24) is 14.5 Å². The van der Waals surface area contributed by atoms with Crippen molar-refractivity contribution >= 4 is 23.3 Å². The number of allylic oxidation sites excluding steroid dienone is 1. The maximum Gasteiger partial charge on any atom is 0.328 e. The predicted octanol–water partition coefficient (Wildman–Crippen LogP) is 3.88. The van der Waals surface area contributed by atoms with Crippen molar-refractivity contribution in [3.63, 3.8) is 0 Å². The fourth-order valence-corrected chi connectivity index (χ4v) is 4.14. The Morgan fingerprint density at radius 3 is 2.69 bits per heavy atom. The number of nitrogens with zero attached hydrogens (tertiary/aromatic N) is 4. The van der Waals surface area contributed by atoms with Crippen molar-refractivity contribution in [2.75, 3.05) is 18.0 Å². The molecule has 0 aliphatic carbocycles. The lowest BCUT2D eigenvalue weighted by atomic mass is 10.0. The number of nitrogens with one attached hydrogen (secondary N) is 1. The lowest BCUT2D eigenvalue weighted by molar-refractivity contribution is -0.0973. The lowest BCUT2D eigenvalue weighted by Gasteiger charge is -2.31. The number of halogens is 2. The molecule has 2 aromatic heterocycles. The summed E-state index contributed by atoms with van der Waals surface area (Å²) < 4.78 is 29.2. The third-order valence-electron chi connectivity index (χ3n) is 5.97. The average molecular weight is 441 g/mol. The van der Waals surface area contributed by atoms with Crippen LogP contribution in [0.15, 0.2) is 42.7 Å². The molecule has 2 aliphatic heterocycles. The Morgan fingerprint density at radius 1 is 1.25 bits per heavy atom. The highest BCUT2D eigenvalue weighted by Gasteiger charge is 2.45. The van der Waals surface area contributed by atoms with E-state index < -0.39 is 12.0 Å². The second kappa shape index (κ2) is 8.29. The van der Waals surface area contributed by atoms with E-state index >= 15 is 0 Å². The minimum absolute atomic E-state index is 0.0253. The molecule has 0 spiro atoms. The Kier molecular flexibility index (Phi) is 5.66. The zero-order valence-electron chi connectivity index (χ0n) is 17.9. The summed E-state index contributed by atoms with van der Waals surface area (Å²) in [4.78, 5) is 32.0. The van der Waals surface area contributed by atoms with Crippen molar-refractivity contribution < 1.29 is 18.4 Å². The highest BCUT2D eigenvalue weighted by Crippen LogP contribution is 2.35. The summed E-state index contributed by atoms with van der Waals surface area (Å²) in [6, 6.07) is 1.84. The molecule has 4 heterocycles. The summed E-state index contributed by atoms with van der Waals surface area (Å²) in [6.07, 6.45) is 4.80. The molecule has 2 aliphatic rings. The standard InChI is InChI=1S/C23H25F2N5O2/c1-3-15(2)21(31)29-11-7-18(13-19(29)26)28-9-4-6-16-12-17(14-27-20(16)28)22(32)30-10-5-8-23(30,24)25/h7,11-14,26H,2-6,8-10H2,1H3. The van der Waals surface area contributed by atoms with Gasteiger partial charge in [0.25, 0.3) is 11.8 Å². The number of aromatic nitrogens is 2. The highest BCUT2D eigenvalue weighted by molar-refractivity contribution is 5.95. The molecule has 168 valence electrons. The zero-order valence-corrected chi connectivity index (χ0v) is 17.9. The van der Waals surface area contributed by atoms with Crippen LogP contribution < -0.4 is 10.4 Å². The molecule has 1 fully saturated rings. The van der Waals surface area contributed by atoms with Crippen molar-refractivity contribution in [2.24, 2.45) is 0 Å². The number of alkyl halides is 2. The number of rotatable bonds is 4. The number of carbonyl (C=O) groups is 2. The first kappa shape index (κ1) is 21.9. The molecular weight excluding hydrogens is 416 g/mol. The Labute approximate surface area is 184 Å². The Bertz CT molecular complexity index is 1160. The van der Waals surface area contributed by atoms with E-state index in [0.717, 1.165) is 12.0 Å². The quantitative estimate of drug-likeness (QED) is 0.577. The number of carbonyl (C=O) groups excluding carboxylic acids is 2. The first-order valence-corrected chi connectivity index (χ1v) is 10.7. The van der Waals surface area contributed by atoms with E-state index in [1.165, 1.54) is 10.8 Å². The van der Waals surface area contributed by atoms with Gasteiger partial charge in [-0.05, 0) is 43.4 Å². The van der Waals surface area contributed by atoms with Crippen LogP contribution in [0.2, 0.25) is 0 Å². The second-order valence-electron chi connectivity index (χ2n) is 8.09. The van der Waals surface area contributed by atoms with Gasteiger partial charge in [-0.25, -0.2) is 4.98 Å². The van der Waals surface area contributed by atoms with Crippen molar-refractivity contribution in [2.45, 2.75) is 45.1 Å². The van der Waals surface area contributed by atoms with Crippen LogP contribution in [-0.2, 0) is 6.42 Å². The fourth-order valence-electron chi connectivity index (χ4n) is 4.14. The number of amides is 1. The molecule has 32 heavy (non-hydrogen) atoms. The summed E-state index contributed by atoms with van der Waals surface area (Å²) in [5.74, 6) is -0.394. The number of fused-ring (bicyclic) bond motifs is 1. The molecule has 0 atom stereocenters. The van der Waals surface area contributed by atoms with E-state index in [4.69, 9.17) is 5.41 Å². The summed E-state index contributed by atoms with van der Waals surface area (Å²) in [7, 11) is 0. The topological polar surface area (TPSA) is 82.3 Å². The summed E-state index contributed by atoms with van der Waals surface area (Å²) in [5.41, 5.74) is 2.09. The van der Waals surface area contributed by atoms with E-state index in [9.17, 15) is 18.4 Å². The lowest BCUT2D eigenvalue weighted by Crippen LogP contribution is -2.40. The number of likely N-dealkylation sites (tertiary alicyclic amines) is 1. The molecular formula is C23H25F2N5O2. The molecule has 0 radical (unpaired) electrons. The molecule has 1 N–H and O–H groups in total. The molecule has 0 aromatic carbocycles. The molecule has 9 heteroatoms. The third-order valence-corrected chi connectivity index (χ3v) is 5.97. The SMILES string of the molecule is C=C(CC)C(=O)n1ccc(N2CCCc3cc(C(=O)N4CCCC4(F)F)cnc32)cc1=N. The van der Waals surface area contributed by atoms with Gasteiger partial charge in [0.2, 0.25) is 0 Å². The smallest absolute Gasteiger partial charge is 0.326 e. The Hall–Kier alpha value is -3.36. The largest absolute Gasteiger partial charge is 0.328 e. The van der Waals surface area contributed by atoms with Gasteiger partial charge >= 0.3 is 6.05 Å². The molecule has 0 bridgehead atoms. The van der Waals surface area contributed by atoms with Gasteiger partial charge in [0.05, 0.1) is 5.56 Å². The van der Waals surface area contributed by atoms with Crippen molar-refractivity contribution in [3.05, 3.63) is 59.4 Å². The minimum atomic E-state index is -3.12. The number of anilines is 2. The van der Waals surface area contributed by atoms with Gasteiger partial charge in [0.1, 0.15) is 11.3 Å². The number of hydrogen-bond acceptors (Lipinski definition) is 5. The van der Waals surface area contributed by atoms with Crippen LogP contribution in [0.25, 0.3) is 0 Å². The van der Waals surface area contributed by atoms with E-state index in [2.05, 4.69) is 11.6 Å². The van der Waals surface area contributed by atoms with Gasteiger partial charge in [-0.15, -0.1) is 0 Å². The summed E-state index contributed by atoms with van der Waals surface area (Å²) in [5, 5.41) is 8.27. The van der Waals surface area contributed by atoms with E-state index in [1.54, 1.807) is 24.4 Å². The van der Waals surface area contributed by atoms with Crippen LogP contribution >= 0.6 is 0 Å². The van der Waals surface area contributed by atoms with Crippen LogP contribution in [0, 0.1) is 5.41 Å². The summed E-state index contributed by atoms with van der Waals surface area (Å²) >= 11 is 0. The molecule has 1 amide bonds. The average Bonchev–Trinajstić information content (AvgIpc) is 3.15. The molecule has 0 saturated carbocycles. The number of aryl methyl sites for hydroxylation is 1. The normalized spacial score (nSPS) is 17.2. The van der Waals surface area contributed by atoms with Crippen LogP contribution in [0.5, 0.6) is 0 Å². The number of pyridine rings is 2. The van der Waals surface area contributed by atoms with Gasteiger partial charge in [-0.3, -0.25) is 24.5 Å².